The maximum atomic E-state index is 12.9. The van der Waals surface area contributed by atoms with E-state index in [4.69, 9.17) is 5.11 Å². The smallest absolute Gasteiger partial charge is 0.323 e. The van der Waals surface area contributed by atoms with Gasteiger partial charge in [0.05, 0.1) is 12.1 Å². The summed E-state index contributed by atoms with van der Waals surface area (Å²) in [6.45, 7) is 3.21. The van der Waals surface area contributed by atoms with Crippen molar-refractivity contribution in [1.29, 1.82) is 0 Å². The van der Waals surface area contributed by atoms with Crippen molar-refractivity contribution in [3.05, 3.63) is 40.5 Å². The van der Waals surface area contributed by atoms with Crippen LogP contribution >= 0.6 is 11.3 Å². The first-order valence-corrected chi connectivity index (χ1v) is 7.96. The number of benzene rings is 1. The van der Waals surface area contributed by atoms with Crippen molar-refractivity contribution in [1.82, 2.24) is 9.88 Å². The zero-order valence-electron chi connectivity index (χ0n) is 12.8. The molecule has 0 spiro atoms. The SMILES string of the molecule is CC(C)N(CC(=O)O)C(=O)Cc1nc(-c2ccc(F)cc2)cs1. The molecule has 1 aromatic carbocycles. The highest BCUT2D eigenvalue weighted by molar-refractivity contribution is 7.10. The van der Waals surface area contributed by atoms with Crippen molar-refractivity contribution in [3.8, 4) is 11.3 Å². The molecule has 0 unspecified atom stereocenters. The molecule has 0 aliphatic rings. The summed E-state index contributed by atoms with van der Waals surface area (Å²) in [5.41, 5.74) is 1.44. The van der Waals surface area contributed by atoms with E-state index in [1.165, 1.54) is 28.4 Å². The third-order valence-electron chi connectivity index (χ3n) is 3.24. The average molecular weight is 336 g/mol. The number of carboxylic acid groups (broad SMARTS) is 1. The van der Waals surface area contributed by atoms with E-state index in [1.807, 2.05) is 0 Å². The molecule has 2 rings (SSSR count). The monoisotopic (exact) mass is 336 g/mol. The minimum Gasteiger partial charge on any atom is -0.480 e. The number of carbonyl (C=O) groups is 2. The van der Waals surface area contributed by atoms with Crippen molar-refractivity contribution >= 4 is 23.2 Å². The molecule has 1 amide bonds. The quantitative estimate of drug-likeness (QED) is 0.880. The lowest BCUT2D eigenvalue weighted by Gasteiger charge is -2.24. The second kappa shape index (κ2) is 7.32. The number of rotatable bonds is 6. The third kappa shape index (κ3) is 4.59. The number of carboxylic acids is 1. The first-order valence-electron chi connectivity index (χ1n) is 7.08. The molecule has 0 aliphatic heterocycles. The lowest BCUT2D eigenvalue weighted by atomic mass is 10.2. The number of carbonyl (C=O) groups excluding carboxylic acids is 1. The Balaban J connectivity index is 2.10. The topological polar surface area (TPSA) is 70.5 Å². The van der Waals surface area contributed by atoms with Gasteiger partial charge >= 0.3 is 5.97 Å². The Kier molecular flexibility index (Phi) is 5.44. The highest BCUT2D eigenvalue weighted by Gasteiger charge is 2.21. The molecule has 0 saturated heterocycles. The molecule has 1 aromatic heterocycles. The van der Waals surface area contributed by atoms with Crippen LogP contribution in [0.15, 0.2) is 29.6 Å². The first kappa shape index (κ1) is 17.1. The van der Waals surface area contributed by atoms with Crippen LogP contribution < -0.4 is 0 Å². The van der Waals surface area contributed by atoms with Crippen LogP contribution in [0.5, 0.6) is 0 Å². The zero-order valence-corrected chi connectivity index (χ0v) is 13.6. The summed E-state index contributed by atoms with van der Waals surface area (Å²) in [4.78, 5) is 28.8. The predicted octanol–water partition coefficient (Wildman–Crippen LogP) is 2.81. The Hall–Kier alpha value is -2.28. The molecule has 5 nitrogen and oxygen atoms in total. The number of halogens is 1. The fraction of sp³-hybridized carbons (Fsp3) is 0.312. The van der Waals surface area contributed by atoms with Gasteiger partial charge in [0.1, 0.15) is 17.4 Å². The molecule has 1 N–H and O–H groups in total. The largest absolute Gasteiger partial charge is 0.480 e. The van der Waals surface area contributed by atoms with Gasteiger partial charge < -0.3 is 10.0 Å². The fourth-order valence-corrected chi connectivity index (χ4v) is 2.88. The molecular formula is C16H17FN2O3S. The Labute approximate surface area is 137 Å². The standard InChI is InChI=1S/C16H17FN2O3S/c1-10(2)19(8-16(21)22)15(20)7-14-18-13(9-23-14)11-3-5-12(17)6-4-11/h3-6,9-10H,7-8H2,1-2H3,(H,21,22). The van der Waals surface area contributed by atoms with Crippen LogP contribution in [-0.2, 0) is 16.0 Å². The molecule has 0 radical (unpaired) electrons. The number of thiazole rings is 1. The van der Waals surface area contributed by atoms with Gasteiger partial charge in [-0.3, -0.25) is 9.59 Å². The first-order chi connectivity index (χ1) is 10.9. The van der Waals surface area contributed by atoms with Gasteiger partial charge in [-0.15, -0.1) is 11.3 Å². The normalized spacial score (nSPS) is 10.8. The summed E-state index contributed by atoms with van der Waals surface area (Å²) >= 11 is 1.33. The van der Waals surface area contributed by atoms with Crippen molar-refractivity contribution < 1.29 is 19.1 Å². The molecule has 1 heterocycles. The Morgan fingerprint density at radius 1 is 1.30 bits per heavy atom. The average Bonchev–Trinajstić information content (AvgIpc) is 2.93. The zero-order chi connectivity index (χ0) is 17.0. The maximum Gasteiger partial charge on any atom is 0.323 e. The van der Waals surface area contributed by atoms with Gasteiger partial charge in [0.25, 0.3) is 0 Å². The maximum absolute atomic E-state index is 12.9. The summed E-state index contributed by atoms with van der Waals surface area (Å²) in [7, 11) is 0. The van der Waals surface area contributed by atoms with Crippen molar-refractivity contribution in [2.24, 2.45) is 0 Å². The summed E-state index contributed by atoms with van der Waals surface area (Å²) < 4.78 is 12.9. The molecule has 0 atom stereocenters. The number of nitrogens with zero attached hydrogens (tertiary/aromatic N) is 2. The highest BCUT2D eigenvalue weighted by atomic mass is 32.1. The molecule has 0 aliphatic carbocycles. The molecule has 23 heavy (non-hydrogen) atoms. The van der Waals surface area contributed by atoms with Crippen LogP contribution in [0.3, 0.4) is 0 Å². The van der Waals surface area contributed by atoms with Gasteiger partial charge in [0.15, 0.2) is 0 Å². The second-order valence-corrected chi connectivity index (χ2v) is 6.26. The van der Waals surface area contributed by atoms with E-state index in [9.17, 15) is 14.0 Å². The Morgan fingerprint density at radius 2 is 1.96 bits per heavy atom. The number of aromatic nitrogens is 1. The molecule has 2 aromatic rings. The Morgan fingerprint density at radius 3 is 2.52 bits per heavy atom. The van der Waals surface area contributed by atoms with E-state index in [1.54, 1.807) is 31.4 Å². The summed E-state index contributed by atoms with van der Waals surface area (Å²) in [5.74, 6) is -1.64. The minimum atomic E-state index is -1.04. The van der Waals surface area contributed by atoms with Gasteiger partial charge in [-0.2, -0.15) is 0 Å². The van der Waals surface area contributed by atoms with Gasteiger partial charge in [-0.25, -0.2) is 9.37 Å². The predicted molar refractivity (Wildman–Crippen MR) is 85.7 cm³/mol. The minimum absolute atomic E-state index is 0.0529. The van der Waals surface area contributed by atoms with Gasteiger partial charge in [-0.1, -0.05) is 0 Å². The van der Waals surface area contributed by atoms with Crippen LogP contribution in [-0.4, -0.2) is 39.5 Å². The van der Waals surface area contributed by atoms with Crippen molar-refractivity contribution in [3.63, 3.8) is 0 Å². The summed E-state index contributed by atoms with van der Waals surface area (Å²) in [6.07, 6.45) is 0.0529. The van der Waals surface area contributed by atoms with E-state index < -0.39 is 5.97 Å². The van der Waals surface area contributed by atoms with Crippen LogP contribution in [0, 0.1) is 5.82 Å². The molecule has 7 heteroatoms. The summed E-state index contributed by atoms with van der Waals surface area (Å²) in [5, 5.41) is 11.3. The van der Waals surface area contributed by atoms with Crippen LogP contribution in [0.1, 0.15) is 18.9 Å². The molecule has 122 valence electrons. The number of amides is 1. The van der Waals surface area contributed by atoms with Gasteiger partial charge in [0, 0.05) is 17.0 Å². The Bertz CT molecular complexity index is 698. The van der Waals surface area contributed by atoms with E-state index in [2.05, 4.69) is 4.98 Å². The molecular weight excluding hydrogens is 319 g/mol. The van der Waals surface area contributed by atoms with Crippen LogP contribution in [0.4, 0.5) is 4.39 Å². The molecule has 0 bridgehead atoms. The summed E-state index contributed by atoms with van der Waals surface area (Å²) in [6, 6.07) is 5.76. The lowest BCUT2D eigenvalue weighted by Crippen LogP contribution is -2.41. The van der Waals surface area contributed by atoms with Crippen LogP contribution in [0.2, 0.25) is 0 Å². The number of hydrogen-bond donors (Lipinski definition) is 1. The second-order valence-electron chi connectivity index (χ2n) is 5.32. The lowest BCUT2D eigenvalue weighted by molar-refractivity contribution is -0.145. The van der Waals surface area contributed by atoms with E-state index >= 15 is 0 Å². The van der Waals surface area contributed by atoms with Crippen LogP contribution in [0.25, 0.3) is 11.3 Å². The van der Waals surface area contributed by atoms with E-state index in [0.29, 0.717) is 10.7 Å². The van der Waals surface area contributed by atoms with Crippen molar-refractivity contribution in [2.75, 3.05) is 6.54 Å². The van der Waals surface area contributed by atoms with E-state index in [0.717, 1.165) is 5.56 Å². The number of aliphatic carboxylic acids is 1. The van der Waals surface area contributed by atoms with E-state index in [-0.39, 0.29) is 30.7 Å². The van der Waals surface area contributed by atoms with Gasteiger partial charge in [-0.05, 0) is 38.1 Å². The molecule has 0 saturated carbocycles. The fourth-order valence-electron chi connectivity index (χ4n) is 2.08. The van der Waals surface area contributed by atoms with Crippen molar-refractivity contribution in [2.45, 2.75) is 26.3 Å². The molecule has 0 fully saturated rings. The highest BCUT2D eigenvalue weighted by Crippen LogP contribution is 2.22. The number of hydrogen-bond acceptors (Lipinski definition) is 4. The van der Waals surface area contributed by atoms with Gasteiger partial charge in [0.2, 0.25) is 5.91 Å². The third-order valence-corrected chi connectivity index (χ3v) is 4.09.